The number of hydrogen-bond donors (Lipinski definition) is 2. The molecule has 2 aromatic rings. The quantitative estimate of drug-likeness (QED) is 0.830. The van der Waals surface area contributed by atoms with Gasteiger partial charge in [-0.25, -0.2) is 0 Å². The lowest BCUT2D eigenvalue weighted by Crippen LogP contribution is -2.47. The fraction of sp³-hybridized carbons (Fsp3) is 0.462. The molecule has 0 bridgehead atoms. The standard InChI is InChI=1S/C13H18N6/c1-19-8-4-13(14,5-9-19)12-16-11(17-18-12)10-2-6-15-7-3-10/h2-3,6-7H,4-5,8-9,14H2,1H3,(H,16,17,18). The average Bonchev–Trinajstić information content (AvgIpc) is 2.94. The van der Waals surface area contributed by atoms with Crippen LogP contribution in [0.25, 0.3) is 11.4 Å². The predicted molar refractivity (Wildman–Crippen MR) is 72.2 cm³/mol. The molecule has 0 aliphatic carbocycles. The van der Waals surface area contributed by atoms with Crippen molar-refractivity contribution in [3.63, 3.8) is 0 Å². The van der Waals surface area contributed by atoms with Crippen molar-refractivity contribution in [2.24, 2.45) is 5.73 Å². The van der Waals surface area contributed by atoms with Gasteiger partial charge in [-0.05, 0) is 32.0 Å². The van der Waals surface area contributed by atoms with Gasteiger partial charge in [0.15, 0.2) is 11.6 Å². The first kappa shape index (κ1) is 12.3. The lowest BCUT2D eigenvalue weighted by atomic mass is 9.88. The molecule has 0 aromatic carbocycles. The minimum Gasteiger partial charge on any atom is -0.323 e. The van der Waals surface area contributed by atoms with Crippen LogP contribution in [0.5, 0.6) is 0 Å². The molecular formula is C13H18N6. The topological polar surface area (TPSA) is 83.7 Å². The Balaban J connectivity index is 1.85. The van der Waals surface area contributed by atoms with E-state index in [-0.39, 0.29) is 5.54 Å². The maximum absolute atomic E-state index is 6.46. The molecule has 2 aromatic heterocycles. The number of pyridine rings is 1. The molecule has 6 heteroatoms. The SMILES string of the molecule is CN1CCC(N)(c2nnc(-c3ccncc3)[nH]2)CC1. The Labute approximate surface area is 112 Å². The number of nitrogens with zero attached hydrogens (tertiary/aromatic N) is 4. The fourth-order valence-electron chi connectivity index (χ4n) is 2.38. The number of aromatic amines is 1. The van der Waals surface area contributed by atoms with Gasteiger partial charge in [-0.15, -0.1) is 10.2 Å². The van der Waals surface area contributed by atoms with Gasteiger partial charge in [0.05, 0.1) is 5.54 Å². The number of nitrogens with two attached hydrogens (primary N) is 1. The van der Waals surface area contributed by atoms with E-state index in [1.807, 2.05) is 12.1 Å². The minimum atomic E-state index is -0.384. The maximum Gasteiger partial charge on any atom is 0.161 e. The molecule has 1 fully saturated rings. The summed E-state index contributed by atoms with van der Waals surface area (Å²) >= 11 is 0. The minimum absolute atomic E-state index is 0.384. The molecule has 0 spiro atoms. The Kier molecular flexibility index (Phi) is 3.04. The van der Waals surface area contributed by atoms with Crippen LogP contribution >= 0.6 is 0 Å². The van der Waals surface area contributed by atoms with Crippen LogP contribution in [0.15, 0.2) is 24.5 Å². The molecule has 3 N–H and O–H groups in total. The molecule has 1 saturated heterocycles. The summed E-state index contributed by atoms with van der Waals surface area (Å²) in [6.45, 7) is 1.98. The number of nitrogens with one attached hydrogen (secondary N) is 1. The molecule has 1 aliphatic heterocycles. The van der Waals surface area contributed by atoms with Gasteiger partial charge in [0.25, 0.3) is 0 Å². The molecule has 0 unspecified atom stereocenters. The van der Waals surface area contributed by atoms with Crippen molar-refractivity contribution in [3.05, 3.63) is 30.4 Å². The first-order valence-corrected chi connectivity index (χ1v) is 6.48. The number of H-pyrrole nitrogens is 1. The van der Waals surface area contributed by atoms with E-state index in [9.17, 15) is 0 Å². The Morgan fingerprint density at radius 2 is 1.89 bits per heavy atom. The van der Waals surface area contributed by atoms with Gasteiger partial charge < -0.3 is 15.6 Å². The van der Waals surface area contributed by atoms with Crippen LogP contribution in [0.4, 0.5) is 0 Å². The summed E-state index contributed by atoms with van der Waals surface area (Å²) in [6, 6.07) is 3.81. The van der Waals surface area contributed by atoms with Gasteiger partial charge in [0.1, 0.15) is 0 Å². The molecule has 0 radical (unpaired) electrons. The number of aromatic nitrogens is 4. The van der Waals surface area contributed by atoms with Crippen molar-refractivity contribution >= 4 is 0 Å². The Morgan fingerprint density at radius 3 is 2.58 bits per heavy atom. The van der Waals surface area contributed by atoms with E-state index in [1.54, 1.807) is 12.4 Å². The largest absolute Gasteiger partial charge is 0.323 e. The highest BCUT2D eigenvalue weighted by Gasteiger charge is 2.34. The Hall–Kier alpha value is -1.79. The Morgan fingerprint density at radius 1 is 1.21 bits per heavy atom. The predicted octanol–water partition coefficient (Wildman–Crippen LogP) is 0.746. The van der Waals surface area contributed by atoms with Crippen LogP contribution in [0.1, 0.15) is 18.7 Å². The van der Waals surface area contributed by atoms with E-state index in [0.29, 0.717) is 0 Å². The molecule has 100 valence electrons. The van der Waals surface area contributed by atoms with E-state index in [4.69, 9.17) is 5.73 Å². The number of rotatable bonds is 2. The number of hydrogen-bond acceptors (Lipinski definition) is 5. The zero-order chi connectivity index (χ0) is 13.3. The maximum atomic E-state index is 6.46. The first-order valence-electron chi connectivity index (χ1n) is 6.48. The van der Waals surface area contributed by atoms with Crippen molar-refractivity contribution in [2.45, 2.75) is 18.4 Å². The van der Waals surface area contributed by atoms with Gasteiger partial charge in [-0.3, -0.25) is 4.98 Å². The highest BCUT2D eigenvalue weighted by molar-refractivity contribution is 5.53. The summed E-state index contributed by atoms with van der Waals surface area (Å²) in [7, 11) is 2.11. The number of piperidine rings is 1. The van der Waals surface area contributed by atoms with Gasteiger partial charge in [-0.1, -0.05) is 0 Å². The third kappa shape index (κ3) is 2.36. The van der Waals surface area contributed by atoms with Crippen molar-refractivity contribution in [2.75, 3.05) is 20.1 Å². The smallest absolute Gasteiger partial charge is 0.161 e. The van der Waals surface area contributed by atoms with Crippen molar-refractivity contribution in [3.8, 4) is 11.4 Å². The molecule has 0 saturated carbocycles. The van der Waals surface area contributed by atoms with Crippen molar-refractivity contribution in [1.29, 1.82) is 0 Å². The molecular weight excluding hydrogens is 240 g/mol. The second-order valence-corrected chi connectivity index (χ2v) is 5.22. The summed E-state index contributed by atoms with van der Waals surface area (Å²) in [5, 5.41) is 8.44. The van der Waals surface area contributed by atoms with E-state index in [0.717, 1.165) is 43.1 Å². The molecule has 19 heavy (non-hydrogen) atoms. The van der Waals surface area contributed by atoms with E-state index < -0.39 is 0 Å². The van der Waals surface area contributed by atoms with Crippen LogP contribution in [-0.4, -0.2) is 45.2 Å². The molecule has 6 nitrogen and oxygen atoms in total. The van der Waals surface area contributed by atoms with Crippen LogP contribution in [0, 0.1) is 0 Å². The third-order valence-electron chi connectivity index (χ3n) is 3.79. The summed E-state index contributed by atoms with van der Waals surface area (Å²) < 4.78 is 0. The first-order chi connectivity index (χ1) is 9.17. The summed E-state index contributed by atoms with van der Waals surface area (Å²) in [4.78, 5) is 9.54. The summed E-state index contributed by atoms with van der Waals surface area (Å²) in [5.41, 5.74) is 7.05. The highest BCUT2D eigenvalue weighted by Crippen LogP contribution is 2.28. The molecule has 0 amide bonds. The highest BCUT2D eigenvalue weighted by atomic mass is 15.2. The number of likely N-dealkylation sites (tertiary alicyclic amines) is 1. The van der Waals surface area contributed by atoms with Crippen LogP contribution in [0.2, 0.25) is 0 Å². The summed E-state index contributed by atoms with van der Waals surface area (Å²) in [5.74, 6) is 1.54. The van der Waals surface area contributed by atoms with Crippen molar-refractivity contribution < 1.29 is 0 Å². The molecule has 1 aliphatic rings. The second kappa shape index (κ2) is 4.71. The van der Waals surface area contributed by atoms with Crippen LogP contribution in [0.3, 0.4) is 0 Å². The van der Waals surface area contributed by atoms with Crippen LogP contribution in [-0.2, 0) is 5.54 Å². The average molecular weight is 258 g/mol. The van der Waals surface area contributed by atoms with Gasteiger partial charge in [-0.2, -0.15) is 0 Å². The zero-order valence-corrected chi connectivity index (χ0v) is 11.0. The molecule has 3 rings (SSSR count). The zero-order valence-electron chi connectivity index (χ0n) is 11.0. The van der Waals surface area contributed by atoms with Gasteiger partial charge in [0, 0.05) is 31.0 Å². The van der Waals surface area contributed by atoms with E-state index in [2.05, 4.69) is 32.1 Å². The molecule has 3 heterocycles. The van der Waals surface area contributed by atoms with Gasteiger partial charge in [0.2, 0.25) is 0 Å². The summed E-state index contributed by atoms with van der Waals surface area (Å²) in [6.07, 6.45) is 5.28. The second-order valence-electron chi connectivity index (χ2n) is 5.22. The van der Waals surface area contributed by atoms with E-state index >= 15 is 0 Å². The van der Waals surface area contributed by atoms with Crippen LogP contribution < -0.4 is 5.73 Å². The lowest BCUT2D eigenvalue weighted by Gasteiger charge is -2.35. The molecule has 0 atom stereocenters. The normalized spacial score (nSPS) is 19.5. The third-order valence-corrected chi connectivity index (χ3v) is 3.79. The van der Waals surface area contributed by atoms with Gasteiger partial charge >= 0.3 is 0 Å². The van der Waals surface area contributed by atoms with Crippen molar-refractivity contribution in [1.82, 2.24) is 25.1 Å². The lowest BCUT2D eigenvalue weighted by molar-refractivity contribution is 0.184. The fourth-order valence-corrected chi connectivity index (χ4v) is 2.38. The van der Waals surface area contributed by atoms with E-state index in [1.165, 1.54) is 0 Å². The monoisotopic (exact) mass is 258 g/mol. The Bertz CT molecular complexity index is 541.